The lowest BCUT2D eigenvalue weighted by Gasteiger charge is -2.25. The van der Waals surface area contributed by atoms with E-state index in [2.05, 4.69) is 11.4 Å². The Kier molecular flexibility index (Phi) is 6.09. The second-order valence-electron chi connectivity index (χ2n) is 7.84. The van der Waals surface area contributed by atoms with Gasteiger partial charge in [0.25, 0.3) is 0 Å². The summed E-state index contributed by atoms with van der Waals surface area (Å²) >= 11 is 6.46. The molecule has 1 unspecified atom stereocenters. The van der Waals surface area contributed by atoms with Gasteiger partial charge in [-0.2, -0.15) is 0 Å². The number of allylic oxidation sites excluding steroid dienone is 2. The van der Waals surface area contributed by atoms with Crippen molar-refractivity contribution in [2.45, 2.75) is 44.6 Å². The summed E-state index contributed by atoms with van der Waals surface area (Å²) in [6, 6.07) is 12.5. The van der Waals surface area contributed by atoms with Gasteiger partial charge >= 0.3 is 12.0 Å². The molecule has 0 spiro atoms. The van der Waals surface area contributed by atoms with Crippen LogP contribution in [0.5, 0.6) is 0 Å². The lowest BCUT2D eigenvalue weighted by atomic mass is 9.87. The first-order valence-electron chi connectivity index (χ1n) is 10.4. The second kappa shape index (κ2) is 8.92. The predicted octanol–water partition coefficient (Wildman–Crippen LogP) is 6.05. The van der Waals surface area contributed by atoms with Crippen molar-refractivity contribution in [2.24, 2.45) is 0 Å². The molecule has 1 saturated heterocycles. The van der Waals surface area contributed by atoms with Crippen molar-refractivity contribution in [1.29, 1.82) is 0 Å². The third-order valence-electron chi connectivity index (χ3n) is 5.84. The van der Waals surface area contributed by atoms with Gasteiger partial charge in [0.2, 0.25) is 0 Å². The third-order valence-corrected chi connectivity index (χ3v) is 6.06. The summed E-state index contributed by atoms with van der Waals surface area (Å²) in [6.07, 6.45) is 7.73. The number of carbonyl (C=O) groups is 2. The molecular weight excluding hydrogens is 400 g/mol. The van der Waals surface area contributed by atoms with Crippen molar-refractivity contribution >= 4 is 34.9 Å². The Hall–Kier alpha value is -2.79. The van der Waals surface area contributed by atoms with Crippen molar-refractivity contribution in [3.05, 3.63) is 59.1 Å². The molecule has 2 amide bonds. The maximum atomic E-state index is 13.0. The average molecular weight is 425 g/mol. The van der Waals surface area contributed by atoms with Gasteiger partial charge in [-0.1, -0.05) is 48.0 Å². The summed E-state index contributed by atoms with van der Waals surface area (Å²) in [5.74, 6) is -0.968. The van der Waals surface area contributed by atoms with Gasteiger partial charge in [0.1, 0.15) is 6.04 Å². The van der Waals surface area contributed by atoms with E-state index in [1.807, 2.05) is 36.4 Å². The number of rotatable bonds is 4. The number of carboxylic acid groups (broad SMARTS) is 1. The zero-order valence-electron chi connectivity index (χ0n) is 16.7. The number of nitrogens with one attached hydrogen (secondary N) is 1. The quantitative estimate of drug-likeness (QED) is 0.628. The highest BCUT2D eigenvalue weighted by Crippen LogP contribution is 2.41. The number of benzene rings is 2. The van der Waals surface area contributed by atoms with Gasteiger partial charge in [-0.15, -0.1) is 0 Å². The molecule has 30 heavy (non-hydrogen) atoms. The van der Waals surface area contributed by atoms with Gasteiger partial charge in [0.05, 0.1) is 5.69 Å². The molecule has 5 nitrogen and oxygen atoms in total. The van der Waals surface area contributed by atoms with Crippen molar-refractivity contribution < 1.29 is 14.7 Å². The molecule has 0 radical (unpaired) electrons. The Labute approximate surface area is 181 Å². The first kappa shape index (κ1) is 20.5. The second-order valence-corrected chi connectivity index (χ2v) is 8.27. The van der Waals surface area contributed by atoms with Gasteiger partial charge < -0.3 is 15.3 Å². The van der Waals surface area contributed by atoms with E-state index in [-0.39, 0.29) is 0 Å². The fourth-order valence-corrected chi connectivity index (χ4v) is 4.63. The summed E-state index contributed by atoms with van der Waals surface area (Å²) in [5.41, 5.74) is 4.79. The summed E-state index contributed by atoms with van der Waals surface area (Å²) in [4.78, 5) is 25.9. The first-order valence-corrected chi connectivity index (χ1v) is 10.8. The summed E-state index contributed by atoms with van der Waals surface area (Å²) in [6.45, 7) is 0.433. The highest BCUT2D eigenvalue weighted by Gasteiger charge is 2.34. The van der Waals surface area contributed by atoms with Crippen molar-refractivity contribution in [2.75, 3.05) is 11.9 Å². The minimum absolute atomic E-state index is 0.400. The lowest BCUT2D eigenvalue weighted by molar-refractivity contribution is -0.141. The van der Waals surface area contributed by atoms with Crippen LogP contribution in [0.25, 0.3) is 16.7 Å². The van der Waals surface area contributed by atoms with E-state index in [4.69, 9.17) is 11.6 Å². The molecule has 1 heterocycles. The molecule has 2 N–H and O–H groups in total. The van der Waals surface area contributed by atoms with Crippen molar-refractivity contribution in [3.63, 3.8) is 0 Å². The van der Waals surface area contributed by atoms with Crippen LogP contribution in [-0.4, -0.2) is 34.6 Å². The number of urea groups is 1. The van der Waals surface area contributed by atoms with Gasteiger partial charge in [-0.05, 0) is 67.4 Å². The standard InChI is InChI=1S/C24H25ClN2O3/c25-18-14-19(16-8-3-1-4-9-16)22(17-10-5-2-6-11-17)20(15-18)26-24(30)27-13-7-12-21(27)23(28)29/h2,5-6,8,10-11,14-15,21H,1,3-4,7,9,12-13H2,(H,26,30)(H,28,29). The molecule has 4 rings (SSSR count). The fourth-order valence-electron chi connectivity index (χ4n) is 4.41. The van der Waals surface area contributed by atoms with Crippen LogP contribution >= 0.6 is 11.6 Å². The van der Waals surface area contributed by atoms with E-state index in [1.54, 1.807) is 6.07 Å². The van der Waals surface area contributed by atoms with Gasteiger partial charge in [0, 0.05) is 17.1 Å². The smallest absolute Gasteiger partial charge is 0.326 e. The summed E-state index contributed by atoms with van der Waals surface area (Å²) in [5, 5.41) is 13.0. The minimum atomic E-state index is -0.968. The number of nitrogens with zero attached hydrogens (tertiary/aromatic N) is 1. The van der Waals surface area contributed by atoms with Crippen LogP contribution in [0, 0.1) is 0 Å². The monoisotopic (exact) mass is 424 g/mol. The zero-order chi connectivity index (χ0) is 21.1. The Bertz CT molecular complexity index is 987. The van der Waals surface area contributed by atoms with Crippen molar-refractivity contribution in [1.82, 2.24) is 4.90 Å². The number of carbonyl (C=O) groups excluding carboxylic acids is 1. The van der Waals surface area contributed by atoms with Crippen LogP contribution in [0.15, 0.2) is 48.5 Å². The van der Waals surface area contributed by atoms with Gasteiger partial charge in [0.15, 0.2) is 0 Å². The number of amides is 2. The van der Waals surface area contributed by atoms with Crippen molar-refractivity contribution in [3.8, 4) is 11.1 Å². The van der Waals surface area contributed by atoms with Crippen LogP contribution in [0.1, 0.15) is 44.1 Å². The molecule has 2 aliphatic rings. The number of halogens is 1. The molecule has 1 fully saturated rings. The molecule has 2 aromatic rings. The Morgan fingerprint density at radius 2 is 1.90 bits per heavy atom. The Morgan fingerprint density at radius 1 is 1.10 bits per heavy atom. The molecule has 6 heteroatoms. The number of aliphatic carboxylic acids is 1. The summed E-state index contributed by atoms with van der Waals surface area (Å²) in [7, 11) is 0. The molecule has 156 valence electrons. The largest absolute Gasteiger partial charge is 0.480 e. The number of likely N-dealkylation sites (tertiary alicyclic amines) is 1. The SMILES string of the molecule is O=C(O)C1CCCN1C(=O)Nc1cc(Cl)cc(C2=CCCCC2)c1-c1ccccc1. The van der Waals surface area contributed by atoms with Gasteiger partial charge in [-0.25, -0.2) is 9.59 Å². The lowest BCUT2D eigenvalue weighted by Crippen LogP contribution is -2.42. The molecule has 0 aromatic heterocycles. The highest BCUT2D eigenvalue weighted by atomic mass is 35.5. The molecular formula is C24H25ClN2O3. The van der Waals surface area contributed by atoms with Gasteiger partial charge in [-0.3, -0.25) is 0 Å². The molecule has 0 saturated carbocycles. The van der Waals surface area contributed by atoms with E-state index in [0.717, 1.165) is 36.0 Å². The molecule has 1 atom stereocenters. The first-order chi connectivity index (χ1) is 14.5. The Balaban J connectivity index is 1.77. The molecule has 1 aliphatic carbocycles. The predicted molar refractivity (Wildman–Crippen MR) is 120 cm³/mol. The van der Waals surface area contributed by atoms with Crippen LogP contribution in [0.3, 0.4) is 0 Å². The maximum absolute atomic E-state index is 13.0. The fraction of sp³-hybridized carbons (Fsp3) is 0.333. The van der Waals surface area contributed by atoms with E-state index in [0.29, 0.717) is 30.1 Å². The number of hydrogen-bond donors (Lipinski definition) is 2. The third kappa shape index (κ3) is 4.21. The minimum Gasteiger partial charge on any atom is -0.480 e. The van der Waals surface area contributed by atoms with Crippen LogP contribution in [0.4, 0.5) is 10.5 Å². The van der Waals surface area contributed by atoms with E-state index in [1.165, 1.54) is 16.9 Å². The van der Waals surface area contributed by atoms with E-state index < -0.39 is 18.0 Å². The molecule has 2 aromatic carbocycles. The molecule has 0 bridgehead atoms. The normalized spacial score (nSPS) is 18.8. The van der Waals surface area contributed by atoms with Crippen LogP contribution in [0.2, 0.25) is 5.02 Å². The van der Waals surface area contributed by atoms with E-state index in [9.17, 15) is 14.7 Å². The Morgan fingerprint density at radius 3 is 2.60 bits per heavy atom. The maximum Gasteiger partial charge on any atom is 0.326 e. The summed E-state index contributed by atoms with van der Waals surface area (Å²) < 4.78 is 0. The van der Waals surface area contributed by atoms with Crippen LogP contribution < -0.4 is 5.32 Å². The molecule has 1 aliphatic heterocycles. The van der Waals surface area contributed by atoms with E-state index >= 15 is 0 Å². The topological polar surface area (TPSA) is 69.6 Å². The highest BCUT2D eigenvalue weighted by molar-refractivity contribution is 6.31. The number of anilines is 1. The van der Waals surface area contributed by atoms with Crippen LogP contribution in [-0.2, 0) is 4.79 Å². The zero-order valence-corrected chi connectivity index (χ0v) is 17.5. The number of carboxylic acids is 1. The average Bonchev–Trinajstić information content (AvgIpc) is 3.25. The number of hydrogen-bond acceptors (Lipinski definition) is 2.